The van der Waals surface area contributed by atoms with Gasteiger partial charge >= 0.3 is 0 Å². The van der Waals surface area contributed by atoms with Gasteiger partial charge in [0.25, 0.3) is 5.91 Å². The van der Waals surface area contributed by atoms with E-state index in [0.717, 1.165) is 12.1 Å². The van der Waals surface area contributed by atoms with Crippen LogP contribution in [0.1, 0.15) is 30.6 Å². The van der Waals surface area contributed by atoms with Crippen LogP contribution in [0.3, 0.4) is 0 Å². The highest BCUT2D eigenvalue weighted by atomic mass is 16.3. The van der Waals surface area contributed by atoms with Crippen LogP contribution in [0.2, 0.25) is 0 Å². The minimum Gasteiger partial charge on any atom is -0.394 e. The summed E-state index contributed by atoms with van der Waals surface area (Å²) in [5.74, 6) is -0.200. The highest BCUT2D eigenvalue weighted by Gasteiger charge is 2.13. The zero-order valence-electron chi connectivity index (χ0n) is 11.1. The minimum atomic E-state index is -0.213. The van der Waals surface area contributed by atoms with Crippen molar-refractivity contribution in [1.29, 1.82) is 0 Å². The van der Waals surface area contributed by atoms with Gasteiger partial charge in [0, 0.05) is 12.1 Å². The molecule has 1 atom stereocenters. The maximum atomic E-state index is 12.0. The van der Waals surface area contributed by atoms with Crippen LogP contribution in [0.4, 0.5) is 0 Å². The molecule has 6 nitrogen and oxygen atoms in total. The molecule has 2 N–H and O–H groups in total. The lowest BCUT2D eigenvalue weighted by Gasteiger charge is -2.13. The van der Waals surface area contributed by atoms with Crippen LogP contribution in [0.25, 0.3) is 11.0 Å². The smallest absolute Gasteiger partial charge is 0.251 e. The fourth-order valence-electron chi connectivity index (χ4n) is 1.89. The van der Waals surface area contributed by atoms with Crippen molar-refractivity contribution in [2.75, 3.05) is 6.61 Å². The van der Waals surface area contributed by atoms with Crippen molar-refractivity contribution in [3.8, 4) is 0 Å². The van der Waals surface area contributed by atoms with Gasteiger partial charge in [-0.25, -0.2) is 4.68 Å². The number of aromatic nitrogens is 3. The Morgan fingerprint density at radius 1 is 1.47 bits per heavy atom. The number of aryl methyl sites for hydroxylation is 1. The van der Waals surface area contributed by atoms with Crippen LogP contribution in [0.15, 0.2) is 18.2 Å². The second-order valence-corrected chi connectivity index (χ2v) is 4.37. The Hall–Kier alpha value is -1.95. The third-order valence-corrected chi connectivity index (χ3v) is 3.12. The molecule has 6 heteroatoms. The fraction of sp³-hybridized carbons (Fsp3) is 0.462. The first-order valence-electron chi connectivity index (χ1n) is 6.44. The lowest BCUT2D eigenvalue weighted by molar-refractivity contribution is 0.0915. The Bertz CT molecular complexity index is 575. The highest BCUT2D eigenvalue weighted by molar-refractivity contribution is 5.97. The molecule has 1 amide bonds. The summed E-state index contributed by atoms with van der Waals surface area (Å²) in [7, 11) is 0. The van der Waals surface area contributed by atoms with Gasteiger partial charge in [0.1, 0.15) is 5.52 Å². The number of carbonyl (C=O) groups excluding carboxylic acids is 1. The van der Waals surface area contributed by atoms with Gasteiger partial charge in [-0.1, -0.05) is 12.1 Å². The number of fused-ring (bicyclic) bond motifs is 1. The van der Waals surface area contributed by atoms with Gasteiger partial charge in [-0.3, -0.25) is 4.79 Å². The van der Waals surface area contributed by atoms with E-state index in [1.54, 1.807) is 16.8 Å². The third-order valence-electron chi connectivity index (χ3n) is 3.12. The van der Waals surface area contributed by atoms with Gasteiger partial charge in [0.05, 0.1) is 18.2 Å². The molecule has 0 bridgehead atoms. The van der Waals surface area contributed by atoms with E-state index < -0.39 is 0 Å². The Labute approximate surface area is 111 Å². The van der Waals surface area contributed by atoms with Crippen molar-refractivity contribution >= 4 is 16.9 Å². The lowest BCUT2D eigenvalue weighted by Crippen LogP contribution is -2.36. The number of aliphatic hydroxyl groups is 1. The molecule has 0 aliphatic carbocycles. The number of benzene rings is 1. The fourth-order valence-corrected chi connectivity index (χ4v) is 1.89. The highest BCUT2D eigenvalue weighted by Crippen LogP contribution is 2.13. The number of amides is 1. The van der Waals surface area contributed by atoms with Crippen molar-refractivity contribution < 1.29 is 9.90 Å². The third kappa shape index (κ3) is 2.73. The zero-order valence-corrected chi connectivity index (χ0v) is 11.1. The quantitative estimate of drug-likeness (QED) is 0.840. The first kappa shape index (κ1) is 13.5. The number of rotatable bonds is 5. The zero-order chi connectivity index (χ0) is 13.8. The summed E-state index contributed by atoms with van der Waals surface area (Å²) in [6.07, 6.45) is 0.691. The van der Waals surface area contributed by atoms with Crippen LogP contribution in [0.5, 0.6) is 0 Å². The summed E-state index contributed by atoms with van der Waals surface area (Å²) in [6, 6.07) is 5.09. The molecule has 0 saturated carbocycles. The Balaban J connectivity index is 2.23. The van der Waals surface area contributed by atoms with Crippen LogP contribution in [-0.4, -0.2) is 38.7 Å². The van der Waals surface area contributed by atoms with Crippen molar-refractivity contribution in [2.24, 2.45) is 0 Å². The van der Waals surface area contributed by atoms with Crippen LogP contribution in [0, 0.1) is 0 Å². The van der Waals surface area contributed by atoms with E-state index in [4.69, 9.17) is 5.11 Å². The van der Waals surface area contributed by atoms with Gasteiger partial charge in [-0.15, -0.1) is 5.10 Å². The van der Waals surface area contributed by atoms with Crippen LogP contribution in [-0.2, 0) is 6.54 Å². The molecule has 2 rings (SSSR count). The molecule has 1 aromatic heterocycles. The summed E-state index contributed by atoms with van der Waals surface area (Å²) < 4.78 is 1.78. The first-order chi connectivity index (χ1) is 9.19. The predicted octanol–water partition coefficient (Wildman–Crippen LogP) is 0.952. The molecule has 0 aliphatic heterocycles. The van der Waals surface area contributed by atoms with Crippen LogP contribution < -0.4 is 5.32 Å². The average molecular weight is 262 g/mol. The molecule has 0 fully saturated rings. The number of carbonyl (C=O) groups is 1. The minimum absolute atomic E-state index is 0.0590. The standard InChI is InChI=1S/C13H18N4O2/c1-3-10(8-18)14-13(19)9-5-6-12-11(7-9)15-16-17(12)4-2/h5-7,10,18H,3-4,8H2,1-2H3,(H,14,19). The van der Waals surface area contributed by atoms with Gasteiger partial charge in [-0.2, -0.15) is 0 Å². The van der Waals surface area contributed by atoms with E-state index in [9.17, 15) is 4.79 Å². The first-order valence-corrected chi connectivity index (χ1v) is 6.44. The molecule has 0 aliphatic rings. The molecule has 2 aromatic rings. The molecule has 0 spiro atoms. The SMILES string of the molecule is CCC(CO)NC(=O)c1ccc2c(c1)nnn2CC. The summed E-state index contributed by atoms with van der Waals surface area (Å²) in [6.45, 7) is 4.58. The number of aliphatic hydroxyl groups excluding tert-OH is 1. The van der Waals surface area contributed by atoms with E-state index in [0.29, 0.717) is 17.5 Å². The van der Waals surface area contributed by atoms with E-state index in [1.807, 2.05) is 19.9 Å². The van der Waals surface area contributed by atoms with Crippen molar-refractivity contribution in [3.05, 3.63) is 23.8 Å². The van der Waals surface area contributed by atoms with Gasteiger partial charge in [0.2, 0.25) is 0 Å². The molecule has 102 valence electrons. The summed E-state index contributed by atoms with van der Waals surface area (Å²) in [5, 5.41) is 19.9. The second kappa shape index (κ2) is 5.79. The lowest BCUT2D eigenvalue weighted by atomic mass is 10.1. The Morgan fingerprint density at radius 2 is 2.26 bits per heavy atom. The summed E-state index contributed by atoms with van der Waals surface area (Å²) in [4.78, 5) is 12.0. The number of nitrogens with zero attached hydrogens (tertiary/aromatic N) is 3. The Morgan fingerprint density at radius 3 is 2.89 bits per heavy atom. The van der Waals surface area contributed by atoms with Crippen molar-refractivity contribution in [1.82, 2.24) is 20.3 Å². The molecule has 1 aromatic carbocycles. The maximum absolute atomic E-state index is 12.0. The van der Waals surface area contributed by atoms with Crippen molar-refractivity contribution in [3.63, 3.8) is 0 Å². The van der Waals surface area contributed by atoms with E-state index in [2.05, 4.69) is 15.6 Å². The predicted molar refractivity (Wildman–Crippen MR) is 71.8 cm³/mol. The van der Waals surface area contributed by atoms with Crippen molar-refractivity contribution in [2.45, 2.75) is 32.9 Å². The van der Waals surface area contributed by atoms with E-state index in [1.165, 1.54) is 0 Å². The average Bonchev–Trinajstić information content (AvgIpc) is 2.86. The molecule has 19 heavy (non-hydrogen) atoms. The topological polar surface area (TPSA) is 80.0 Å². The number of hydrogen-bond donors (Lipinski definition) is 2. The monoisotopic (exact) mass is 262 g/mol. The van der Waals surface area contributed by atoms with Gasteiger partial charge in [-0.05, 0) is 31.5 Å². The maximum Gasteiger partial charge on any atom is 0.251 e. The van der Waals surface area contributed by atoms with Gasteiger partial charge in [0.15, 0.2) is 0 Å². The van der Waals surface area contributed by atoms with Crippen LogP contribution >= 0.6 is 0 Å². The Kier molecular flexibility index (Phi) is 4.11. The molecular weight excluding hydrogens is 244 g/mol. The summed E-state index contributed by atoms with van der Waals surface area (Å²) in [5.41, 5.74) is 2.14. The largest absolute Gasteiger partial charge is 0.394 e. The molecular formula is C13H18N4O2. The van der Waals surface area contributed by atoms with E-state index >= 15 is 0 Å². The molecule has 1 unspecified atom stereocenters. The van der Waals surface area contributed by atoms with Gasteiger partial charge < -0.3 is 10.4 Å². The number of hydrogen-bond acceptors (Lipinski definition) is 4. The normalized spacial score (nSPS) is 12.6. The second-order valence-electron chi connectivity index (χ2n) is 4.37. The molecule has 0 saturated heterocycles. The molecule has 0 radical (unpaired) electrons. The molecule has 1 heterocycles. The summed E-state index contributed by atoms with van der Waals surface area (Å²) >= 11 is 0. The van der Waals surface area contributed by atoms with E-state index in [-0.39, 0.29) is 18.6 Å². The number of nitrogens with one attached hydrogen (secondary N) is 1.